The predicted octanol–water partition coefficient (Wildman–Crippen LogP) is 2.64. The van der Waals surface area contributed by atoms with Gasteiger partial charge in [0.15, 0.2) is 11.4 Å². The highest BCUT2D eigenvalue weighted by molar-refractivity contribution is 9.10. The molecule has 1 N–H and O–H groups in total. The van der Waals surface area contributed by atoms with E-state index in [0.717, 1.165) is 0 Å². The Morgan fingerprint density at radius 2 is 2.05 bits per heavy atom. The van der Waals surface area contributed by atoms with Crippen LogP contribution < -0.4 is 4.74 Å². The average Bonchev–Trinajstić information content (AvgIpc) is 2.41. The van der Waals surface area contributed by atoms with Gasteiger partial charge in [-0.25, -0.2) is 4.79 Å². The minimum absolute atomic E-state index is 0.0243. The van der Waals surface area contributed by atoms with E-state index in [1.165, 1.54) is 30.3 Å². The number of ether oxygens (including phenoxy) is 1. The Morgan fingerprint density at radius 1 is 1.30 bits per heavy atom. The third-order valence-electron chi connectivity index (χ3n) is 2.20. The number of nitro benzene ring substituents is 1. The number of carbonyl (C=O) groups is 1. The van der Waals surface area contributed by atoms with Crippen molar-refractivity contribution in [2.45, 2.75) is 0 Å². The lowest BCUT2D eigenvalue weighted by atomic mass is 10.3. The summed E-state index contributed by atoms with van der Waals surface area (Å²) < 4.78 is 5.81. The molecule has 1 aromatic carbocycles. The van der Waals surface area contributed by atoms with E-state index >= 15 is 0 Å². The normalized spacial score (nSPS) is 10.1. The molecule has 9 heteroatoms. The summed E-state index contributed by atoms with van der Waals surface area (Å²) in [5.41, 5.74) is -0.367. The molecule has 2 aromatic rings. The quantitative estimate of drug-likeness (QED) is 0.672. The number of benzene rings is 1. The Kier molecular flexibility index (Phi) is 3.89. The Hall–Kier alpha value is -2.55. The fourth-order valence-corrected chi connectivity index (χ4v) is 1.61. The third-order valence-corrected chi connectivity index (χ3v) is 2.85. The first kappa shape index (κ1) is 13.9. The molecular formula is C11H6BrN3O5. The minimum Gasteiger partial charge on any atom is -0.476 e. The van der Waals surface area contributed by atoms with Crippen LogP contribution in [0.5, 0.6) is 11.6 Å². The SMILES string of the molecule is O=C(O)c1ccc(Oc2cc([N+](=O)[O-])ccc2Br)nn1. The van der Waals surface area contributed by atoms with Crippen LogP contribution in [-0.4, -0.2) is 26.2 Å². The molecule has 0 radical (unpaired) electrons. The van der Waals surface area contributed by atoms with Crippen LogP contribution in [0.4, 0.5) is 5.69 Å². The topological polar surface area (TPSA) is 115 Å². The summed E-state index contributed by atoms with van der Waals surface area (Å²) in [7, 11) is 0. The van der Waals surface area contributed by atoms with Crippen LogP contribution in [0.25, 0.3) is 0 Å². The maximum absolute atomic E-state index is 10.7. The number of aromatic carboxylic acids is 1. The molecule has 0 saturated heterocycles. The van der Waals surface area contributed by atoms with E-state index in [1.54, 1.807) is 0 Å². The summed E-state index contributed by atoms with van der Waals surface area (Å²) in [4.78, 5) is 20.7. The smallest absolute Gasteiger partial charge is 0.356 e. The summed E-state index contributed by atoms with van der Waals surface area (Å²) >= 11 is 3.18. The number of hydrogen-bond donors (Lipinski definition) is 1. The van der Waals surface area contributed by atoms with E-state index in [2.05, 4.69) is 26.1 Å². The number of carboxylic acids is 1. The van der Waals surface area contributed by atoms with Crippen LogP contribution in [0, 0.1) is 10.1 Å². The summed E-state index contributed by atoms with van der Waals surface area (Å²) in [6, 6.07) is 6.52. The Morgan fingerprint density at radius 3 is 2.60 bits per heavy atom. The van der Waals surface area contributed by atoms with Gasteiger partial charge in [-0.3, -0.25) is 10.1 Å². The zero-order chi connectivity index (χ0) is 14.7. The van der Waals surface area contributed by atoms with Gasteiger partial charge in [-0.1, -0.05) is 0 Å². The number of hydrogen-bond acceptors (Lipinski definition) is 6. The van der Waals surface area contributed by atoms with Crippen LogP contribution in [-0.2, 0) is 0 Å². The molecule has 1 heterocycles. The van der Waals surface area contributed by atoms with Crippen LogP contribution in [0.1, 0.15) is 10.5 Å². The third kappa shape index (κ3) is 3.06. The number of nitrogens with zero attached hydrogens (tertiary/aromatic N) is 3. The van der Waals surface area contributed by atoms with Crippen molar-refractivity contribution < 1.29 is 19.6 Å². The van der Waals surface area contributed by atoms with E-state index < -0.39 is 10.9 Å². The zero-order valence-electron chi connectivity index (χ0n) is 9.69. The van der Waals surface area contributed by atoms with Crippen molar-refractivity contribution in [3.63, 3.8) is 0 Å². The van der Waals surface area contributed by atoms with Gasteiger partial charge in [-0.05, 0) is 28.1 Å². The monoisotopic (exact) mass is 339 g/mol. The fraction of sp³-hybridized carbons (Fsp3) is 0. The standard InChI is InChI=1S/C11H6BrN3O5/c12-7-2-1-6(15(18)19)5-9(7)20-10-4-3-8(11(16)17)13-14-10/h1-5H,(H,16,17). The highest BCUT2D eigenvalue weighted by atomic mass is 79.9. The van der Waals surface area contributed by atoms with E-state index in [0.29, 0.717) is 4.47 Å². The highest BCUT2D eigenvalue weighted by Crippen LogP contribution is 2.32. The largest absolute Gasteiger partial charge is 0.476 e. The Balaban J connectivity index is 2.27. The van der Waals surface area contributed by atoms with E-state index in [4.69, 9.17) is 9.84 Å². The first-order valence-electron chi connectivity index (χ1n) is 5.16. The van der Waals surface area contributed by atoms with Crippen LogP contribution >= 0.6 is 15.9 Å². The lowest BCUT2D eigenvalue weighted by Gasteiger charge is -2.06. The molecule has 0 atom stereocenters. The number of carboxylic acid groups (broad SMARTS) is 1. The molecule has 0 unspecified atom stereocenters. The molecule has 0 bridgehead atoms. The molecule has 20 heavy (non-hydrogen) atoms. The number of nitro groups is 1. The van der Waals surface area contributed by atoms with Crippen LogP contribution in [0.2, 0.25) is 0 Å². The van der Waals surface area contributed by atoms with Crippen LogP contribution in [0.15, 0.2) is 34.8 Å². The first-order valence-corrected chi connectivity index (χ1v) is 5.95. The summed E-state index contributed by atoms with van der Waals surface area (Å²) in [6.07, 6.45) is 0. The maximum atomic E-state index is 10.7. The number of halogens is 1. The van der Waals surface area contributed by atoms with Gasteiger partial charge in [0.05, 0.1) is 15.5 Å². The van der Waals surface area contributed by atoms with Crippen molar-refractivity contribution in [2.24, 2.45) is 0 Å². The number of non-ortho nitro benzene ring substituents is 1. The van der Waals surface area contributed by atoms with Crippen molar-refractivity contribution in [1.29, 1.82) is 0 Å². The molecule has 0 aliphatic rings. The van der Waals surface area contributed by atoms with Gasteiger partial charge in [0.2, 0.25) is 5.88 Å². The fourth-order valence-electron chi connectivity index (χ4n) is 1.29. The van der Waals surface area contributed by atoms with Gasteiger partial charge in [-0.2, -0.15) is 0 Å². The van der Waals surface area contributed by atoms with Crippen molar-refractivity contribution in [3.8, 4) is 11.6 Å². The molecule has 0 saturated carbocycles. The Bertz CT molecular complexity index is 674. The summed E-state index contributed by atoms with van der Waals surface area (Å²) in [5.74, 6) is -1.01. The van der Waals surface area contributed by atoms with Crippen molar-refractivity contribution in [1.82, 2.24) is 10.2 Å². The second-order valence-corrected chi connectivity index (χ2v) is 4.39. The zero-order valence-corrected chi connectivity index (χ0v) is 11.3. The summed E-state index contributed by atoms with van der Waals surface area (Å²) in [5, 5.41) is 26.4. The molecule has 2 rings (SSSR count). The van der Waals surface area contributed by atoms with Gasteiger partial charge < -0.3 is 9.84 Å². The van der Waals surface area contributed by atoms with Gasteiger partial charge in [-0.15, -0.1) is 10.2 Å². The van der Waals surface area contributed by atoms with Gasteiger partial charge in [0, 0.05) is 12.1 Å². The van der Waals surface area contributed by atoms with Crippen molar-refractivity contribution in [3.05, 3.63) is 50.6 Å². The minimum atomic E-state index is -1.21. The predicted molar refractivity (Wildman–Crippen MR) is 69.9 cm³/mol. The van der Waals surface area contributed by atoms with Crippen LogP contribution in [0.3, 0.4) is 0 Å². The lowest BCUT2D eigenvalue weighted by Crippen LogP contribution is -2.02. The van der Waals surface area contributed by atoms with Crippen molar-refractivity contribution in [2.75, 3.05) is 0 Å². The molecule has 0 spiro atoms. The van der Waals surface area contributed by atoms with Gasteiger partial charge >= 0.3 is 5.97 Å². The first-order chi connectivity index (χ1) is 9.47. The van der Waals surface area contributed by atoms with Gasteiger partial charge in [0.1, 0.15) is 0 Å². The molecule has 8 nitrogen and oxygen atoms in total. The molecule has 0 fully saturated rings. The molecule has 0 aliphatic heterocycles. The molecule has 1 aromatic heterocycles. The molecule has 0 aliphatic carbocycles. The lowest BCUT2D eigenvalue weighted by molar-refractivity contribution is -0.384. The van der Waals surface area contributed by atoms with E-state index in [1.807, 2.05) is 0 Å². The second-order valence-electron chi connectivity index (χ2n) is 3.54. The number of aromatic nitrogens is 2. The maximum Gasteiger partial charge on any atom is 0.356 e. The van der Waals surface area contributed by atoms with Crippen molar-refractivity contribution >= 4 is 27.6 Å². The Labute approximate surface area is 120 Å². The van der Waals surface area contributed by atoms with Gasteiger partial charge in [0.25, 0.3) is 5.69 Å². The highest BCUT2D eigenvalue weighted by Gasteiger charge is 2.12. The second kappa shape index (κ2) is 5.61. The van der Waals surface area contributed by atoms with E-state index in [-0.39, 0.29) is 23.0 Å². The average molecular weight is 340 g/mol. The number of rotatable bonds is 4. The molecule has 102 valence electrons. The molecular weight excluding hydrogens is 334 g/mol. The summed E-state index contributed by atoms with van der Waals surface area (Å²) in [6.45, 7) is 0. The van der Waals surface area contributed by atoms with E-state index in [9.17, 15) is 14.9 Å². The molecule has 0 amide bonds.